The molecule has 2 fully saturated rings. The summed E-state index contributed by atoms with van der Waals surface area (Å²) in [6, 6.07) is 7.09. The van der Waals surface area contributed by atoms with Crippen molar-refractivity contribution in [3.8, 4) is 5.75 Å². The quantitative estimate of drug-likeness (QED) is 0.0139. The predicted octanol–water partition coefficient (Wildman–Crippen LogP) is 7.08. The van der Waals surface area contributed by atoms with Crippen molar-refractivity contribution in [2.24, 2.45) is 17.6 Å². The summed E-state index contributed by atoms with van der Waals surface area (Å²) in [5.41, 5.74) is 3.47. The largest absolute Gasteiger partial charge is 0.495 e. The molecule has 0 radical (unpaired) electrons. The van der Waals surface area contributed by atoms with E-state index in [-0.39, 0.29) is 66.6 Å². The van der Waals surface area contributed by atoms with Crippen LogP contribution in [-0.4, -0.2) is 180 Å². The number of alkyl halides is 2. The van der Waals surface area contributed by atoms with E-state index in [2.05, 4.69) is 63.4 Å². The highest BCUT2D eigenvalue weighted by Gasteiger charge is 2.64. The maximum atomic E-state index is 14.5. The van der Waals surface area contributed by atoms with E-state index in [0.717, 1.165) is 17.4 Å². The Kier molecular flexibility index (Phi) is 26.6. The average Bonchev–Trinajstić information content (AvgIpc) is 1.57. The van der Waals surface area contributed by atoms with Gasteiger partial charge in [0.1, 0.15) is 64.2 Å². The number of halogens is 3. The molecule has 0 aliphatic carbocycles. The van der Waals surface area contributed by atoms with Crippen LogP contribution in [0.2, 0.25) is 5.02 Å². The fraction of sp³-hybridized carbons (Fsp3) is 0.562. The highest BCUT2D eigenvalue weighted by molar-refractivity contribution is 9.10. The molecule has 4 bridgehead atoms. The molecular formula is C64H86Br2ClN9O16. The molecule has 4 heterocycles. The van der Waals surface area contributed by atoms with Gasteiger partial charge in [0.25, 0.3) is 5.91 Å². The number of esters is 1. The number of nitrogens with zero attached hydrogens (tertiary/aromatic N) is 3. The van der Waals surface area contributed by atoms with Crippen LogP contribution in [0.25, 0.3) is 10.9 Å². The number of ether oxygens (including phenoxy) is 6. The average molecular weight is 1430 g/mol. The van der Waals surface area contributed by atoms with Gasteiger partial charge in [-0.05, 0) is 114 Å². The van der Waals surface area contributed by atoms with E-state index in [1.807, 2.05) is 19.9 Å². The van der Waals surface area contributed by atoms with Crippen LogP contribution in [-0.2, 0) is 58.9 Å². The van der Waals surface area contributed by atoms with Crippen LogP contribution in [0.4, 0.5) is 21.1 Å². The number of pyridine rings is 1. The van der Waals surface area contributed by atoms with E-state index in [1.165, 1.54) is 57.2 Å². The number of methoxy groups -OCH3 is 2. The lowest BCUT2D eigenvalue weighted by atomic mass is 9.83. The molecule has 28 heteroatoms. The molecule has 92 heavy (non-hydrogen) atoms. The molecule has 0 spiro atoms. The summed E-state index contributed by atoms with van der Waals surface area (Å²) in [4.78, 5) is 128. The van der Waals surface area contributed by atoms with Crippen LogP contribution in [0, 0.1) is 11.8 Å². The Balaban J connectivity index is 1.16. The Morgan fingerprint density at radius 2 is 1.73 bits per heavy atom. The van der Waals surface area contributed by atoms with Gasteiger partial charge in [0.05, 0.1) is 36.9 Å². The maximum absolute atomic E-state index is 14.5. The fourth-order valence-electron chi connectivity index (χ4n) is 11.1. The highest BCUT2D eigenvalue weighted by atomic mass is 79.9. The molecule has 3 aromatic rings. The molecule has 0 saturated carbocycles. The first kappa shape index (κ1) is 74.3. The zero-order valence-electron chi connectivity index (χ0n) is 53.7. The minimum atomic E-state index is -1.91. The van der Waals surface area contributed by atoms with Crippen molar-refractivity contribution in [1.29, 1.82) is 0 Å². The number of aromatic nitrogens is 1. The molecule has 1 aromatic heterocycles. The van der Waals surface area contributed by atoms with Crippen LogP contribution < -0.4 is 42.0 Å². The second-order valence-electron chi connectivity index (χ2n) is 24.3. The summed E-state index contributed by atoms with van der Waals surface area (Å²) in [6.07, 6.45) is 2.70. The number of amides is 8. The van der Waals surface area contributed by atoms with Crippen molar-refractivity contribution < 1.29 is 76.7 Å². The number of aldehydes is 1. The Morgan fingerprint density at radius 1 is 1.01 bits per heavy atom. The number of anilines is 2. The number of nitrogens with two attached hydrogens (primary N) is 1. The van der Waals surface area contributed by atoms with E-state index in [9.17, 15) is 48.3 Å². The second kappa shape index (κ2) is 32.9. The molecule has 8 N–H and O–H groups in total. The van der Waals surface area contributed by atoms with Crippen LogP contribution in [0.1, 0.15) is 116 Å². The van der Waals surface area contributed by atoms with Crippen molar-refractivity contribution in [2.75, 3.05) is 55.7 Å². The van der Waals surface area contributed by atoms with Gasteiger partial charge in [0.2, 0.25) is 23.6 Å². The van der Waals surface area contributed by atoms with Crippen molar-refractivity contribution in [1.82, 2.24) is 31.2 Å². The monoisotopic (exact) mass is 1430 g/mol. The van der Waals surface area contributed by atoms with E-state index in [4.69, 9.17) is 45.8 Å². The van der Waals surface area contributed by atoms with Crippen molar-refractivity contribution in [3.05, 3.63) is 82.4 Å². The van der Waals surface area contributed by atoms with Gasteiger partial charge in [-0.25, -0.2) is 19.4 Å². The van der Waals surface area contributed by atoms with Crippen LogP contribution in [0.3, 0.4) is 0 Å². The number of hydrogen-bond acceptors (Lipinski definition) is 17. The number of epoxide rings is 1. The number of rotatable bonds is 26. The lowest BCUT2D eigenvalue weighted by Gasteiger charge is -2.42. The van der Waals surface area contributed by atoms with Crippen molar-refractivity contribution in [2.45, 2.75) is 172 Å². The first-order valence-corrected chi connectivity index (χ1v) is 33.1. The summed E-state index contributed by atoms with van der Waals surface area (Å²) < 4.78 is 35.6. The number of carbonyl (C=O) groups is 9. The van der Waals surface area contributed by atoms with E-state index in [1.54, 1.807) is 70.2 Å². The number of urea groups is 1. The highest BCUT2D eigenvalue weighted by Crippen LogP contribution is 2.49. The van der Waals surface area contributed by atoms with E-state index < -0.39 is 114 Å². The van der Waals surface area contributed by atoms with Gasteiger partial charge in [-0.15, -0.1) is 0 Å². The Morgan fingerprint density at radius 3 is 2.38 bits per heavy atom. The third kappa shape index (κ3) is 19.0. The lowest BCUT2D eigenvalue weighted by molar-refractivity contribution is -0.158. The van der Waals surface area contributed by atoms with Gasteiger partial charge in [-0.3, -0.25) is 29.3 Å². The van der Waals surface area contributed by atoms with Crippen LogP contribution in [0.5, 0.6) is 5.75 Å². The summed E-state index contributed by atoms with van der Waals surface area (Å²) in [6.45, 7) is 12.3. The van der Waals surface area contributed by atoms with Gasteiger partial charge < -0.3 is 75.1 Å². The van der Waals surface area contributed by atoms with E-state index >= 15 is 0 Å². The maximum Gasteiger partial charge on any atom is 0.409 e. The first-order valence-electron chi connectivity index (χ1n) is 30.4. The molecule has 2 saturated heterocycles. The minimum absolute atomic E-state index is 0.0592. The number of alkyl carbamates (subject to hydrolysis) is 1. The summed E-state index contributed by atoms with van der Waals surface area (Å²) >= 11 is 13.5. The van der Waals surface area contributed by atoms with Crippen molar-refractivity contribution in [3.63, 3.8) is 0 Å². The first-order chi connectivity index (χ1) is 43.4. The predicted molar refractivity (Wildman–Crippen MR) is 352 cm³/mol. The molecule has 1 unspecified atom stereocenters. The zero-order valence-corrected chi connectivity index (χ0v) is 57.7. The molecule has 3 aliphatic heterocycles. The number of hydrogen-bond donors (Lipinski definition) is 7. The van der Waals surface area contributed by atoms with Crippen LogP contribution in [0.15, 0.2) is 66.3 Å². The number of fused-ring (bicyclic) bond motifs is 6. The number of unbranched alkanes of at least 4 members (excludes halogenated alkanes) is 1. The third-order valence-corrected chi connectivity index (χ3v) is 19.2. The number of aliphatic hydroxyl groups is 1. The smallest absolute Gasteiger partial charge is 0.409 e. The van der Waals surface area contributed by atoms with E-state index in [0.29, 0.717) is 58.7 Å². The summed E-state index contributed by atoms with van der Waals surface area (Å²) in [5.74, 6) is -4.19. The normalized spacial score (nSPS) is 24.0. The zero-order chi connectivity index (χ0) is 68.0. The molecule has 504 valence electrons. The Hall–Kier alpha value is -6.75. The third-order valence-electron chi connectivity index (χ3n) is 16.9. The molecule has 8 amide bonds. The molecule has 25 nitrogen and oxygen atoms in total. The van der Waals surface area contributed by atoms with Crippen molar-refractivity contribution >= 4 is 120 Å². The summed E-state index contributed by atoms with van der Waals surface area (Å²) in [5, 5.41) is 26.5. The van der Waals surface area contributed by atoms with Gasteiger partial charge >= 0.3 is 18.1 Å². The molecule has 3 aliphatic rings. The standard InChI is InChI=1S/C64H86Br2ClN9O16/c1-35(2)54(73-51(78)20-13-12-17-37(4)91-63(32-65,33-66)34-77)57(81)71-44(18-15-25-69-60(68)84)56(80)72-50-24-22-41-29-42(21-23-43(41)70-50)58(82)75(8)39(6)59(83)90-49-30-52(79)76(9)45-27-40(28-46(87-10)53(45)67)26-36(3)16-14-19-48(88-11)64(86)31-47(89-61(85)74-64)38(5)55-62(49,7)92-55/h14,16,19,21-24,27-29,34-35,37-39,44,47-49,54-55,86H,12-13,15,17-18,20,25-26,30-33H2,1-11H3,(H,71,81)(H,73,78)(H,74,85)(H3,68,69,84)(H,70,72,80)/b19-14+,36-16+/t37?,38-,39+,44+,47+,48-,49+,54+,55+,62+,64+/m1/s1. The van der Waals surface area contributed by atoms with Gasteiger partial charge in [0, 0.05) is 68.1 Å². The number of primary amides is 1. The summed E-state index contributed by atoms with van der Waals surface area (Å²) in [7, 11) is 5.82. The Labute approximate surface area is 557 Å². The van der Waals surface area contributed by atoms with Gasteiger partial charge in [0.15, 0.2) is 12.0 Å². The lowest BCUT2D eigenvalue weighted by Crippen LogP contribution is -2.63. The molecule has 11 atom stereocenters. The topological polar surface area (TPSA) is 338 Å². The number of likely N-dealkylation sites (N-methyl/N-ethyl adjacent to an activating group) is 1. The number of allylic oxidation sites excluding steroid dienone is 3. The van der Waals surface area contributed by atoms with Crippen LogP contribution >= 0.6 is 43.5 Å². The van der Waals surface area contributed by atoms with Gasteiger partial charge in [-0.1, -0.05) is 94.5 Å². The molecule has 2 aromatic carbocycles. The minimum Gasteiger partial charge on any atom is -0.495 e. The SMILES string of the molecule is COc1cc2cc(c1Cl)N(C)C(=O)C[C@H](OC(=O)[C@H](C)N(C)C(=O)c1ccc3nc(NC(=O)[C@H](CCCNC(N)=O)NC(=O)[C@@H](NC(=O)CCCCC(C)OC(C=O)(CBr)CBr)C(C)C)ccc3c1)[C@]1(C)O[C@H]1[C@H](C)[C@@H]1C[C@@](O)(NC(=O)O1)[C@H](OC)/C=C/C=C(\C)C2. The Bertz CT molecular complexity index is 3260. The number of benzene rings is 2. The second-order valence-corrected chi connectivity index (χ2v) is 25.8. The number of carbonyl (C=O) groups excluding carboxylic acids is 9. The number of nitrogens with one attached hydrogen (secondary N) is 5. The fourth-order valence-corrected chi connectivity index (χ4v) is 12.9. The molecular weight excluding hydrogens is 1350 g/mol. The molecule has 6 rings (SSSR count). The van der Waals surface area contributed by atoms with Gasteiger partial charge in [-0.2, -0.15) is 0 Å².